The molecule has 0 aromatic rings. The molecule has 0 aliphatic carbocycles. The van der Waals surface area contributed by atoms with Gasteiger partial charge in [-0.15, -0.1) is 0 Å². The van der Waals surface area contributed by atoms with Crippen LogP contribution in [0.5, 0.6) is 0 Å². The van der Waals surface area contributed by atoms with Crippen molar-refractivity contribution in [1.29, 1.82) is 0 Å². The zero-order chi connectivity index (χ0) is 9.19. The monoisotopic (exact) mass is 188 g/mol. The molecule has 0 radical (unpaired) electrons. The van der Waals surface area contributed by atoms with Crippen LogP contribution < -0.4 is 5.32 Å². The Morgan fingerprint density at radius 3 is 2.92 bits per heavy atom. The molecule has 66 valence electrons. The molecule has 12 heavy (non-hydrogen) atoms. The second kappa shape index (κ2) is 3.15. The zero-order valence-electron chi connectivity index (χ0n) is 6.54. The van der Waals surface area contributed by atoms with E-state index in [9.17, 15) is 4.79 Å². The average Bonchev–Trinajstić information content (AvgIpc) is 2.05. The molecule has 1 aliphatic rings. The molecule has 0 fully saturated rings. The summed E-state index contributed by atoms with van der Waals surface area (Å²) in [6, 6.07) is 0. The molecule has 4 nitrogen and oxygen atoms in total. The van der Waals surface area contributed by atoms with Crippen LogP contribution in [0.1, 0.15) is 13.3 Å². The van der Waals surface area contributed by atoms with Crippen LogP contribution in [-0.2, 0) is 4.79 Å². The summed E-state index contributed by atoms with van der Waals surface area (Å²) in [5.74, 6) is -1.01. The number of nitrogens with one attached hydrogen (secondary N) is 1. The standard InChI is InChI=1S/C7H9ClN2O2/c1-2-7(8)9-3-5(4-10-7)6(11)12/h3-4,9H,2H2,1H3,(H,11,12). The van der Waals surface area contributed by atoms with Crippen molar-refractivity contribution in [1.82, 2.24) is 5.32 Å². The van der Waals surface area contributed by atoms with Crippen LogP contribution in [0.4, 0.5) is 0 Å². The molecule has 0 aromatic carbocycles. The summed E-state index contributed by atoms with van der Waals surface area (Å²) in [4.78, 5) is 14.3. The molecule has 1 rings (SSSR count). The molecule has 0 amide bonds. The normalized spacial score (nSPS) is 27.7. The second-order valence-electron chi connectivity index (χ2n) is 2.42. The van der Waals surface area contributed by atoms with Crippen LogP contribution >= 0.6 is 11.6 Å². The summed E-state index contributed by atoms with van der Waals surface area (Å²) in [7, 11) is 0. The van der Waals surface area contributed by atoms with Gasteiger partial charge in [0.15, 0.2) is 0 Å². The highest BCUT2D eigenvalue weighted by Crippen LogP contribution is 2.20. The highest BCUT2D eigenvalue weighted by Gasteiger charge is 2.24. The Labute approximate surface area is 74.9 Å². The van der Waals surface area contributed by atoms with Crippen molar-refractivity contribution in [3.05, 3.63) is 11.8 Å². The van der Waals surface area contributed by atoms with E-state index in [1.165, 1.54) is 12.4 Å². The minimum atomic E-state index is -1.01. The molecule has 2 N–H and O–H groups in total. The summed E-state index contributed by atoms with van der Waals surface area (Å²) in [6.07, 6.45) is 3.20. The van der Waals surface area contributed by atoms with Crippen molar-refractivity contribution < 1.29 is 9.90 Å². The highest BCUT2D eigenvalue weighted by atomic mass is 35.5. The van der Waals surface area contributed by atoms with E-state index in [0.29, 0.717) is 6.42 Å². The number of halogens is 1. The Balaban J connectivity index is 2.74. The molecule has 5 heteroatoms. The summed E-state index contributed by atoms with van der Waals surface area (Å²) < 4.78 is 0. The lowest BCUT2D eigenvalue weighted by Crippen LogP contribution is -2.37. The van der Waals surface area contributed by atoms with Gasteiger partial charge in [-0.1, -0.05) is 18.5 Å². The number of carbonyl (C=O) groups is 1. The van der Waals surface area contributed by atoms with Gasteiger partial charge >= 0.3 is 5.97 Å². The Morgan fingerprint density at radius 2 is 2.58 bits per heavy atom. The van der Waals surface area contributed by atoms with Gasteiger partial charge in [-0.05, 0) is 0 Å². The van der Waals surface area contributed by atoms with E-state index in [0.717, 1.165) is 0 Å². The Bertz CT molecular complexity index is 262. The van der Waals surface area contributed by atoms with Gasteiger partial charge in [0.05, 0.1) is 5.57 Å². The molecular formula is C7H9ClN2O2. The maximum atomic E-state index is 10.4. The Morgan fingerprint density at radius 1 is 1.92 bits per heavy atom. The van der Waals surface area contributed by atoms with Gasteiger partial charge in [0.1, 0.15) is 0 Å². The molecule has 0 saturated heterocycles. The van der Waals surface area contributed by atoms with Crippen molar-refractivity contribution in [2.45, 2.75) is 18.5 Å². The number of hydrogen-bond donors (Lipinski definition) is 2. The van der Waals surface area contributed by atoms with E-state index in [1.807, 2.05) is 6.92 Å². The van der Waals surface area contributed by atoms with Crippen molar-refractivity contribution in [3.8, 4) is 0 Å². The number of aliphatic carboxylic acids is 1. The Kier molecular flexibility index (Phi) is 2.38. The van der Waals surface area contributed by atoms with Crippen LogP contribution in [0.2, 0.25) is 0 Å². The van der Waals surface area contributed by atoms with Gasteiger partial charge in [0.2, 0.25) is 5.12 Å². The van der Waals surface area contributed by atoms with Crippen LogP contribution in [-0.4, -0.2) is 22.4 Å². The molecular weight excluding hydrogens is 180 g/mol. The van der Waals surface area contributed by atoms with Gasteiger partial charge in [0, 0.05) is 18.8 Å². The first kappa shape index (κ1) is 9.06. The number of aliphatic imine (C=N–C) groups is 1. The highest BCUT2D eigenvalue weighted by molar-refractivity contribution is 6.25. The van der Waals surface area contributed by atoms with E-state index >= 15 is 0 Å². The summed E-state index contributed by atoms with van der Waals surface area (Å²) in [5.41, 5.74) is 0.111. The third-order valence-electron chi connectivity index (χ3n) is 1.57. The fourth-order valence-corrected chi connectivity index (χ4v) is 0.848. The van der Waals surface area contributed by atoms with Crippen LogP contribution in [0.15, 0.2) is 16.8 Å². The predicted molar refractivity (Wildman–Crippen MR) is 46.2 cm³/mol. The molecule has 1 aliphatic heterocycles. The summed E-state index contributed by atoms with van der Waals surface area (Å²) >= 11 is 5.88. The number of hydrogen-bond acceptors (Lipinski definition) is 3. The molecule has 0 spiro atoms. The first-order chi connectivity index (χ1) is 5.57. The fourth-order valence-electron chi connectivity index (χ4n) is 0.745. The van der Waals surface area contributed by atoms with Gasteiger partial charge < -0.3 is 10.4 Å². The topological polar surface area (TPSA) is 61.7 Å². The number of carboxylic acid groups (broad SMARTS) is 1. The molecule has 1 atom stereocenters. The first-order valence-corrected chi connectivity index (χ1v) is 3.90. The van der Waals surface area contributed by atoms with Crippen molar-refractivity contribution >= 4 is 23.8 Å². The minimum Gasteiger partial charge on any atom is -0.478 e. The van der Waals surface area contributed by atoms with E-state index in [-0.39, 0.29) is 5.57 Å². The lowest BCUT2D eigenvalue weighted by molar-refractivity contribution is -0.132. The van der Waals surface area contributed by atoms with E-state index < -0.39 is 11.1 Å². The number of carboxylic acids is 1. The van der Waals surface area contributed by atoms with Crippen molar-refractivity contribution in [3.63, 3.8) is 0 Å². The SMILES string of the molecule is CCC1(Cl)N=CC(C(=O)O)=CN1. The van der Waals surface area contributed by atoms with Crippen LogP contribution in [0.25, 0.3) is 0 Å². The zero-order valence-corrected chi connectivity index (χ0v) is 7.30. The smallest absolute Gasteiger partial charge is 0.338 e. The first-order valence-electron chi connectivity index (χ1n) is 3.53. The second-order valence-corrected chi connectivity index (χ2v) is 3.05. The third-order valence-corrected chi connectivity index (χ3v) is 2.05. The van der Waals surface area contributed by atoms with Gasteiger partial charge in [-0.2, -0.15) is 0 Å². The minimum absolute atomic E-state index is 0.111. The number of rotatable bonds is 2. The summed E-state index contributed by atoms with van der Waals surface area (Å²) in [6.45, 7) is 1.86. The number of alkyl halides is 1. The van der Waals surface area contributed by atoms with Crippen LogP contribution in [0.3, 0.4) is 0 Å². The Hall–Kier alpha value is -1.03. The van der Waals surface area contributed by atoms with Gasteiger partial charge in [-0.3, -0.25) is 0 Å². The molecule has 0 aromatic heterocycles. The molecule has 1 unspecified atom stereocenters. The lowest BCUT2D eigenvalue weighted by Gasteiger charge is -2.24. The molecule has 1 heterocycles. The maximum Gasteiger partial charge on any atom is 0.338 e. The molecule has 0 bridgehead atoms. The quantitative estimate of drug-likeness (QED) is 0.501. The number of nitrogens with zero attached hydrogens (tertiary/aromatic N) is 1. The predicted octanol–water partition coefficient (Wildman–Crippen LogP) is 0.931. The maximum absolute atomic E-state index is 10.4. The third kappa shape index (κ3) is 1.76. The van der Waals surface area contributed by atoms with E-state index in [4.69, 9.17) is 16.7 Å². The lowest BCUT2D eigenvalue weighted by atomic mass is 10.2. The van der Waals surface area contributed by atoms with Gasteiger partial charge in [-0.25, -0.2) is 9.79 Å². The summed E-state index contributed by atoms with van der Waals surface area (Å²) in [5, 5.41) is 10.4. The largest absolute Gasteiger partial charge is 0.478 e. The van der Waals surface area contributed by atoms with Crippen molar-refractivity contribution in [2.75, 3.05) is 0 Å². The fraction of sp³-hybridized carbons (Fsp3) is 0.429. The van der Waals surface area contributed by atoms with E-state index in [1.54, 1.807) is 0 Å². The molecule has 0 saturated carbocycles. The average molecular weight is 189 g/mol. The van der Waals surface area contributed by atoms with Gasteiger partial charge in [0.25, 0.3) is 0 Å². The van der Waals surface area contributed by atoms with Crippen LogP contribution in [0, 0.1) is 0 Å². The van der Waals surface area contributed by atoms with Crippen molar-refractivity contribution in [2.24, 2.45) is 4.99 Å². The van der Waals surface area contributed by atoms with E-state index in [2.05, 4.69) is 10.3 Å².